The monoisotopic (exact) mass is 216 g/mol. The van der Waals surface area contributed by atoms with E-state index in [4.69, 9.17) is 0 Å². The number of urea groups is 1. The molecule has 0 aliphatic rings. The maximum atomic E-state index is 11.4. The Morgan fingerprint density at radius 2 is 2.25 bits per heavy atom. The molecule has 16 heavy (non-hydrogen) atoms. The van der Waals surface area contributed by atoms with Crippen LogP contribution in [0.5, 0.6) is 0 Å². The Balaban J connectivity index is 2.36. The number of nitrogens with one attached hydrogen (secondary N) is 2. The zero-order valence-corrected chi connectivity index (χ0v) is 9.63. The van der Waals surface area contributed by atoms with Crippen LogP contribution in [0.3, 0.4) is 0 Å². The van der Waals surface area contributed by atoms with Crippen LogP contribution in [0.1, 0.15) is 18.9 Å². The molecule has 0 saturated heterocycles. The van der Waals surface area contributed by atoms with Gasteiger partial charge in [0.15, 0.2) is 0 Å². The zero-order chi connectivity index (χ0) is 11.8. The van der Waals surface area contributed by atoms with E-state index in [0.717, 1.165) is 11.3 Å². The summed E-state index contributed by atoms with van der Waals surface area (Å²) < 4.78 is 0. The number of aryl methyl sites for hydroxylation is 1. The molecule has 2 amide bonds. The number of rotatable bonds is 3. The predicted octanol–water partition coefficient (Wildman–Crippen LogP) is 2.53. The molecule has 0 aliphatic carbocycles. The Labute approximate surface area is 96.2 Å². The third-order valence-corrected chi connectivity index (χ3v) is 1.99. The smallest absolute Gasteiger partial charge is 0.319 e. The molecule has 0 atom stereocenters. The zero-order valence-electron chi connectivity index (χ0n) is 9.63. The molecule has 1 rings (SSSR count). The van der Waals surface area contributed by atoms with Crippen molar-refractivity contribution in [2.75, 3.05) is 11.9 Å². The van der Waals surface area contributed by atoms with Gasteiger partial charge in [0.1, 0.15) is 0 Å². The summed E-state index contributed by atoms with van der Waals surface area (Å²) in [5.74, 6) is 5.66. The van der Waals surface area contributed by atoms with Crippen LogP contribution in [0.2, 0.25) is 0 Å². The highest BCUT2D eigenvalue weighted by Crippen LogP contribution is 2.08. The van der Waals surface area contributed by atoms with Gasteiger partial charge in [0.05, 0.1) is 0 Å². The van der Waals surface area contributed by atoms with E-state index in [0.29, 0.717) is 13.0 Å². The van der Waals surface area contributed by atoms with E-state index in [1.54, 1.807) is 6.92 Å². The summed E-state index contributed by atoms with van der Waals surface area (Å²) in [6, 6.07) is 7.49. The standard InChI is InChI=1S/C13H16N2O/c1-3-4-5-9-14-13(16)15-12-8-6-7-11(2)10-12/h6-8,10H,5,9H2,1-2H3,(H2,14,15,16). The first kappa shape index (κ1) is 12.1. The fourth-order valence-electron chi connectivity index (χ4n) is 1.26. The van der Waals surface area contributed by atoms with E-state index in [9.17, 15) is 4.79 Å². The molecule has 0 spiro atoms. The van der Waals surface area contributed by atoms with Gasteiger partial charge in [-0.05, 0) is 31.5 Å². The van der Waals surface area contributed by atoms with Crippen molar-refractivity contribution in [3.05, 3.63) is 29.8 Å². The van der Waals surface area contributed by atoms with Crippen molar-refractivity contribution < 1.29 is 4.79 Å². The van der Waals surface area contributed by atoms with Gasteiger partial charge >= 0.3 is 6.03 Å². The summed E-state index contributed by atoms with van der Waals surface area (Å²) in [6.07, 6.45) is 0.678. The topological polar surface area (TPSA) is 41.1 Å². The Kier molecular flexibility index (Phi) is 4.94. The molecular weight excluding hydrogens is 200 g/mol. The molecule has 3 heteroatoms. The van der Waals surface area contributed by atoms with Crippen LogP contribution in [0.25, 0.3) is 0 Å². The van der Waals surface area contributed by atoms with Crippen LogP contribution in [-0.2, 0) is 0 Å². The second-order valence-corrected chi connectivity index (χ2v) is 3.43. The van der Waals surface area contributed by atoms with Crippen molar-refractivity contribution in [3.63, 3.8) is 0 Å². The van der Waals surface area contributed by atoms with E-state index >= 15 is 0 Å². The molecule has 3 nitrogen and oxygen atoms in total. The van der Waals surface area contributed by atoms with Crippen LogP contribution in [0, 0.1) is 18.8 Å². The van der Waals surface area contributed by atoms with Crippen molar-refractivity contribution in [1.82, 2.24) is 5.32 Å². The van der Waals surface area contributed by atoms with Gasteiger partial charge in [0.25, 0.3) is 0 Å². The number of carbonyl (C=O) groups is 1. The van der Waals surface area contributed by atoms with Crippen LogP contribution < -0.4 is 10.6 Å². The fourth-order valence-corrected chi connectivity index (χ4v) is 1.26. The molecule has 84 valence electrons. The first-order chi connectivity index (χ1) is 7.72. The van der Waals surface area contributed by atoms with Crippen molar-refractivity contribution in [3.8, 4) is 11.8 Å². The van der Waals surface area contributed by atoms with Crippen molar-refractivity contribution >= 4 is 11.7 Å². The Morgan fingerprint density at radius 1 is 1.44 bits per heavy atom. The largest absolute Gasteiger partial charge is 0.337 e. The molecule has 2 N–H and O–H groups in total. The lowest BCUT2D eigenvalue weighted by molar-refractivity contribution is 0.252. The van der Waals surface area contributed by atoms with Crippen LogP contribution in [-0.4, -0.2) is 12.6 Å². The lowest BCUT2D eigenvalue weighted by atomic mass is 10.2. The van der Waals surface area contributed by atoms with Crippen molar-refractivity contribution in [2.24, 2.45) is 0 Å². The molecular formula is C13H16N2O. The van der Waals surface area contributed by atoms with Gasteiger partial charge in [-0.15, -0.1) is 11.8 Å². The summed E-state index contributed by atoms with van der Waals surface area (Å²) in [7, 11) is 0. The number of anilines is 1. The number of amides is 2. The minimum absolute atomic E-state index is 0.191. The highest BCUT2D eigenvalue weighted by molar-refractivity contribution is 5.89. The van der Waals surface area contributed by atoms with Crippen LogP contribution in [0.15, 0.2) is 24.3 Å². The molecule has 0 aliphatic heterocycles. The van der Waals surface area contributed by atoms with Crippen LogP contribution in [0.4, 0.5) is 10.5 Å². The first-order valence-corrected chi connectivity index (χ1v) is 5.23. The minimum Gasteiger partial charge on any atom is -0.337 e. The lowest BCUT2D eigenvalue weighted by Gasteiger charge is -2.06. The summed E-state index contributed by atoms with van der Waals surface area (Å²) in [5.41, 5.74) is 1.92. The van der Waals surface area contributed by atoms with E-state index < -0.39 is 0 Å². The van der Waals surface area contributed by atoms with Gasteiger partial charge in [-0.2, -0.15) is 0 Å². The van der Waals surface area contributed by atoms with Gasteiger partial charge in [-0.1, -0.05) is 12.1 Å². The highest BCUT2D eigenvalue weighted by Gasteiger charge is 1.99. The maximum Gasteiger partial charge on any atom is 0.319 e. The third kappa shape index (κ3) is 4.52. The van der Waals surface area contributed by atoms with E-state index in [1.807, 2.05) is 31.2 Å². The second-order valence-electron chi connectivity index (χ2n) is 3.43. The summed E-state index contributed by atoms with van der Waals surface area (Å²) in [5, 5.41) is 5.49. The van der Waals surface area contributed by atoms with Crippen molar-refractivity contribution in [1.29, 1.82) is 0 Å². The number of hydrogen-bond acceptors (Lipinski definition) is 1. The van der Waals surface area contributed by atoms with Gasteiger partial charge < -0.3 is 10.6 Å². The average molecular weight is 216 g/mol. The molecule has 0 saturated carbocycles. The fraction of sp³-hybridized carbons (Fsp3) is 0.308. The lowest BCUT2D eigenvalue weighted by Crippen LogP contribution is -2.29. The second kappa shape index (κ2) is 6.52. The molecule has 0 bridgehead atoms. The summed E-state index contributed by atoms with van der Waals surface area (Å²) in [6.45, 7) is 4.34. The number of carbonyl (C=O) groups excluding carboxylic acids is 1. The molecule has 0 fully saturated rings. The van der Waals surface area contributed by atoms with Gasteiger partial charge in [-0.3, -0.25) is 0 Å². The van der Waals surface area contributed by atoms with Gasteiger partial charge in [0.2, 0.25) is 0 Å². The molecule has 0 heterocycles. The summed E-state index contributed by atoms with van der Waals surface area (Å²) in [4.78, 5) is 11.4. The number of benzene rings is 1. The SMILES string of the molecule is CC#CCCNC(=O)Nc1cccc(C)c1. The Bertz CT molecular complexity index is 415. The molecule has 0 unspecified atom stereocenters. The van der Waals surface area contributed by atoms with E-state index in [1.165, 1.54) is 0 Å². The normalized spacial score (nSPS) is 8.88. The molecule has 1 aromatic rings. The quantitative estimate of drug-likeness (QED) is 0.591. The predicted molar refractivity (Wildman–Crippen MR) is 66.3 cm³/mol. The Hall–Kier alpha value is -1.95. The van der Waals surface area contributed by atoms with Crippen molar-refractivity contribution in [2.45, 2.75) is 20.3 Å². The first-order valence-electron chi connectivity index (χ1n) is 5.23. The van der Waals surface area contributed by atoms with E-state index in [2.05, 4.69) is 22.5 Å². The van der Waals surface area contributed by atoms with Gasteiger partial charge in [0, 0.05) is 18.7 Å². The number of hydrogen-bond donors (Lipinski definition) is 2. The Morgan fingerprint density at radius 3 is 2.94 bits per heavy atom. The average Bonchev–Trinajstić information content (AvgIpc) is 2.24. The molecule has 1 aromatic carbocycles. The maximum absolute atomic E-state index is 11.4. The van der Waals surface area contributed by atoms with Crippen LogP contribution >= 0.6 is 0 Å². The van der Waals surface area contributed by atoms with Gasteiger partial charge in [-0.25, -0.2) is 4.79 Å². The van der Waals surface area contributed by atoms with E-state index in [-0.39, 0.29) is 6.03 Å². The minimum atomic E-state index is -0.191. The summed E-state index contributed by atoms with van der Waals surface area (Å²) >= 11 is 0. The molecule has 0 radical (unpaired) electrons. The molecule has 0 aromatic heterocycles. The third-order valence-electron chi connectivity index (χ3n) is 1.99. The highest BCUT2D eigenvalue weighted by atomic mass is 16.2.